The third kappa shape index (κ3) is 24.4. The normalized spacial score (nSPS) is 12.9. The lowest BCUT2D eigenvalue weighted by atomic mass is 10.1. The van der Waals surface area contributed by atoms with Gasteiger partial charge >= 0.3 is 11.9 Å². The quantitative estimate of drug-likeness (QED) is 0.0719. The molecular formula is C31H46N2O6. The molecule has 8 heteroatoms. The van der Waals surface area contributed by atoms with Crippen LogP contribution in [0.25, 0.3) is 0 Å². The number of nitrogens with one attached hydrogen (secondary N) is 2. The molecule has 0 saturated heterocycles. The summed E-state index contributed by atoms with van der Waals surface area (Å²) < 4.78 is 4.40. The molecule has 2 amide bonds. The van der Waals surface area contributed by atoms with E-state index < -0.39 is 23.9 Å². The largest absolute Gasteiger partial charge is 0.480 e. The average Bonchev–Trinajstić information content (AvgIpc) is 2.92. The van der Waals surface area contributed by atoms with Crippen molar-refractivity contribution >= 4 is 23.8 Å². The fourth-order valence-corrected chi connectivity index (χ4v) is 3.23. The van der Waals surface area contributed by atoms with E-state index in [2.05, 4.69) is 77.0 Å². The zero-order valence-electron chi connectivity index (χ0n) is 23.5. The molecule has 1 unspecified atom stereocenters. The van der Waals surface area contributed by atoms with Crippen molar-refractivity contribution in [2.75, 3.05) is 13.7 Å². The number of methoxy groups -OCH3 is 1. The first-order valence-corrected chi connectivity index (χ1v) is 13.7. The van der Waals surface area contributed by atoms with Crippen molar-refractivity contribution in [1.82, 2.24) is 10.6 Å². The number of unbranched alkanes of at least 4 members (excludes halogenated alkanes) is 2. The molecule has 0 aromatic heterocycles. The molecule has 0 saturated carbocycles. The molecule has 8 nitrogen and oxygen atoms in total. The molecule has 39 heavy (non-hydrogen) atoms. The van der Waals surface area contributed by atoms with Crippen LogP contribution in [0.4, 0.5) is 0 Å². The summed E-state index contributed by atoms with van der Waals surface area (Å²) in [5, 5.41) is 14.5. The lowest BCUT2D eigenvalue weighted by Crippen LogP contribution is -2.40. The number of hydrogen-bond acceptors (Lipinski definition) is 5. The molecule has 0 aliphatic heterocycles. The molecule has 0 rings (SSSR count). The maximum Gasteiger partial charge on any atom is 0.330 e. The van der Waals surface area contributed by atoms with Gasteiger partial charge in [-0.25, -0.2) is 9.59 Å². The Balaban J connectivity index is 3.94. The van der Waals surface area contributed by atoms with Crippen LogP contribution in [-0.4, -0.2) is 48.6 Å². The van der Waals surface area contributed by atoms with Gasteiger partial charge in [-0.15, -0.1) is 0 Å². The number of ether oxygens (including phenoxy) is 1. The number of hydrogen-bond donors (Lipinski definition) is 3. The van der Waals surface area contributed by atoms with Crippen LogP contribution in [0.3, 0.4) is 0 Å². The molecule has 0 aliphatic carbocycles. The van der Waals surface area contributed by atoms with Crippen LogP contribution in [0.15, 0.2) is 72.9 Å². The second kappa shape index (κ2) is 25.9. The highest BCUT2D eigenvalue weighted by Gasteiger charge is 2.18. The lowest BCUT2D eigenvalue weighted by molar-refractivity contribution is -0.142. The summed E-state index contributed by atoms with van der Waals surface area (Å²) in [5.74, 6) is -2.42. The van der Waals surface area contributed by atoms with Crippen LogP contribution in [-0.2, 0) is 23.9 Å². The SMILES string of the molecule is CC/C=C\C/C=C\C/C=C\C/C=C\C/C=C\CCCC(=O)NC(CCCCNC(=O)/C=C/C(=O)OC)C(=O)O. The molecule has 3 N–H and O–H groups in total. The molecule has 0 aliphatic rings. The van der Waals surface area contributed by atoms with Crippen LogP contribution >= 0.6 is 0 Å². The molecule has 0 aromatic rings. The fourth-order valence-electron chi connectivity index (χ4n) is 3.23. The summed E-state index contributed by atoms with van der Waals surface area (Å²) in [6.45, 7) is 2.46. The summed E-state index contributed by atoms with van der Waals surface area (Å²) in [6.07, 6.45) is 31.2. The molecule has 0 spiro atoms. The molecule has 216 valence electrons. The van der Waals surface area contributed by atoms with Crippen LogP contribution in [0.5, 0.6) is 0 Å². The zero-order valence-corrected chi connectivity index (χ0v) is 23.5. The van der Waals surface area contributed by atoms with Gasteiger partial charge < -0.3 is 20.5 Å². The summed E-state index contributed by atoms with van der Waals surface area (Å²) in [5.41, 5.74) is 0. The van der Waals surface area contributed by atoms with Crippen molar-refractivity contribution in [3.63, 3.8) is 0 Å². The Labute approximate surface area is 233 Å². The van der Waals surface area contributed by atoms with Gasteiger partial charge in [-0.2, -0.15) is 0 Å². The van der Waals surface area contributed by atoms with Gasteiger partial charge in [0.05, 0.1) is 7.11 Å². The summed E-state index contributed by atoms with van der Waals surface area (Å²) in [7, 11) is 1.22. The standard InChI is InChI=1S/C31H46N2O6/c1-3-4-5-6-7-8-9-10-11-12-13-14-15-16-17-18-19-23-29(35)33-27(31(37)38)22-20-21-26-32-28(34)24-25-30(36)39-2/h4-5,7-8,10-11,13-14,16-17,24-25,27H,3,6,9,12,15,18-23,26H2,1-2H3,(H,32,34)(H,33,35)(H,37,38)/b5-4-,8-7-,11-10-,14-13-,17-16-,25-24+. The number of carboxylic acids is 1. The fraction of sp³-hybridized carbons (Fsp3) is 0.484. The van der Waals surface area contributed by atoms with E-state index in [9.17, 15) is 24.3 Å². The Kier molecular flexibility index (Phi) is 23.5. The van der Waals surface area contributed by atoms with Crippen molar-refractivity contribution < 1.29 is 29.0 Å². The molecule has 0 bridgehead atoms. The number of amides is 2. The van der Waals surface area contributed by atoms with Gasteiger partial charge in [-0.05, 0) is 64.2 Å². The zero-order chi connectivity index (χ0) is 29.0. The number of carbonyl (C=O) groups excluding carboxylic acids is 3. The van der Waals surface area contributed by atoms with E-state index in [-0.39, 0.29) is 18.7 Å². The Hall–Kier alpha value is -3.68. The monoisotopic (exact) mass is 542 g/mol. The van der Waals surface area contributed by atoms with Crippen molar-refractivity contribution in [2.24, 2.45) is 0 Å². The van der Waals surface area contributed by atoms with E-state index in [0.717, 1.165) is 50.7 Å². The minimum atomic E-state index is -1.08. The number of rotatable bonds is 22. The van der Waals surface area contributed by atoms with Crippen LogP contribution in [0.1, 0.15) is 77.6 Å². The van der Waals surface area contributed by atoms with E-state index in [1.807, 2.05) is 6.08 Å². The van der Waals surface area contributed by atoms with Gasteiger partial charge in [0, 0.05) is 25.1 Å². The summed E-state index contributed by atoms with van der Waals surface area (Å²) in [4.78, 5) is 46.1. The maximum absolute atomic E-state index is 12.1. The van der Waals surface area contributed by atoms with Crippen molar-refractivity contribution in [3.8, 4) is 0 Å². The molecular weight excluding hydrogens is 496 g/mol. The average molecular weight is 543 g/mol. The number of aliphatic carboxylic acids is 1. The van der Waals surface area contributed by atoms with E-state index in [1.54, 1.807) is 0 Å². The predicted molar refractivity (Wildman–Crippen MR) is 156 cm³/mol. The highest BCUT2D eigenvalue weighted by Crippen LogP contribution is 2.04. The Morgan fingerprint density at radius 3 is 1.87 bits per heavy atom. The third-order valence-electron chi connectivity index (χ3n) is 5.36. The van der Waals surface area contributed by atoms with E-state index >= 15 is 0 Å². The van der Waals surface area contributed by atoms with Gasteiger partial charge in [0.2, 0.25) is 11.8 Å². The van der Waals surface area contributed by atoms with Crippen LogP contribution < -0.4 is 10.6 Å². The van der Waals surface area contributed by atoms with Gasteiger partial charge in [0.15, 0.2) is 0 Å². The van der Waals surface area contributed by atoms with E-state index in [1.165, 1.54) is 7.11 Å². The van der Waals surface area contributed by atoms with E-state index in [0.29, 0.717) is 25.8 Å². The second-order valence-corrected chi connectivity index (χ2v) is 8.70. The van der Waals surface area contributed by atoms with Crippen LogP contribution in [0.2, 0.25) is 0 Å². The molecule has 0 aromatic carbocycles. The first kappa shape index (κ1) is 35.3. The first-order valence-electron chi connectivity index (χ1n) is 13.7. The Morgan fingerprint density at radius 1 is 0.769 bits per heavy atom. The minimum Gasteiger partial charge on any atom is -0.480 e. The Morgan fingerprint density at radius 2 is 1.33 bits per heavy atom. The molecule has 0 radical (unpaired) electrons. The highest BCUT2D eigenvalue weighted by atomic mass is 16.5. The summed E-state index contributed by atoms with van der Waals surface area (Å²) >= 11 is 0. The van der Waals surface area contributed by atoms with Gasteiger partial charge in [-0.1, -0.05) is 67.7 Å². The van der Waals surface area contributed by atoms with Crippen molar-refractivity contribution in [2.45, 2.75) is 83.6 Å². The highest BCUT2D eigenvalue weighted by molar-refractivity contribution is 5.94. The number of esters is 1. The molecule has 0 fully saturated rings. The maximum atomic E-state index is 12.1. The number of carboxylic acid groups (broad SMARTS) is 1. The van der Waals surface area contributed by atoms with Gasteiger partial charge in [0.25, 0.3) is 0 Å². The number of allylic oxidation sites excluding steroid dienone is 10. The smallest absolute Gasteiger partial charge is 0.330 e. The van der Waals surface area contributed by atoms with Crippen LogP contribution in [0, 0.1) is 0 Å². The third-order valence-corrected chi connectivity index (χ3v) is 5.36. The summed E-state index contributed by atoms with van der Waals surface area (Å²) in [6, 6.07) is -0.957. The molecule has 0 heterocycles. The second-order valence-electron chi connectivity index (χ2n) is 8.70. The van der Waals surface area contributed by atoms with Crippen molar-refractivity contribution in [3.05, 3.63) is 72.9 Å². The van der Waals surface area contributed by atoms with Crippen molar-refractivity contribution in [1.29, 1.82) is 0 Å². The van der Waals surface area contributed by atoms with Gasteiger partial charge in [0.1, 0.15) is 6.04 Å². The van der Waals surface area contributed by atoms with Gasteiger partial charge in [-0.3, -0.25) is 9.59 Å². The first-order chi connectivity index (χ1) is 18.9. The molecule has 1 atom stereocenters. The predicted octanol–water partition coefficient (Wildman–Crippen LogP) is 5.49. The number of carbonyl (C=O) groups is 4. The van der Waals surface area contributed by atoms with E-state index in [4.69, 9.17) is 0 Å². The minimum absolute atomic E-state index is 0.265. The Bertz CT molecular complexity index is 884. The lowest BCUT2D eigenvalue weighted by Gasteiger charge is -2.14. The topological polar surface area (TPSA) is 122 Å².